The van der Waals surface area contributed by atoms with Crippen LogP contribution in [-0.2, 0) is 33.3 Å². The van der Waals surface area contributed by atoms with Gasteiger partial charge >= 0.3 is 5.97 Å². The van der Waals surface area contributed by atoms with Crippen molar-refractivity contribution in [3.63, 3.8) is 0 Å². The standard InChI is InChI=1S/C27H42O7/c1-6-8-12-30-16-32-24-18(3)10-11-26(33-17-31-13-9-7-2)25(5)15-22(29)34-27(24,26)23-19(4)21(28)14-20(23)25/h18,20,24H,6-17H2,1-5H3/t18?,20-,24?,25?,26+,27?/m1/s1. The summed E-state index contributed by atoms with van der Waals surface area (Å²) in [6, 6.07) is 0. The first-order valence-electron chi connectivity index (χ1n) is 13.2. The van der Waals surface area contributed by atoms with Crippen LogP contribution in [0.15, 0.2) is 11.1 Å². The van der Waals surface area contributed by atoms with Crippen LogP contribution in [0.1, 0.15) is 86.0 Å². The van der Waals surface area contributed by atoms with E-state index in [2.05, 4.69) is 27.7 Å². The van der Waals surface area contributed by atoms with E-state index in [1.165, 1.54) is 0 Å². The summed E-state index contributed by atoms with van der Waals surface area (Å²) in [5, 5.41) is 0. The largest absolute Gasteiger partial charge is 0.448 e. The average Bonchev–Trinajstić information content (AvgIpc) is 3.14. The van der Waals surface area contributed by atoms with Crippen LogP contribution in [0.5, 0.6) is 0 Å². The SMILES string of the molecule is CCCCOCOC1C(C)CC[C@@]2(OCOCCCC)C13OC(=O)CC2(C)[C@@H]1CC(=O)C(C)=C13. The number of allylic oxidation sites excluding steroid dienone is 1. The average molecular weight is 479 g/mol. The number of carbonyl (C=O) groups is 2. The molecule has 2 bridgehead atoms. The van der Waals surface area contributed by atoms with Crippen molar-refractivity contribution in [2.45, 2.75) is 103 Å². The van der Waals surface area contributed by atoms with Crippen molar-refractivity contribution < 1.29 is 33.3 Å². The van der Waals surface area contributed by atoms with E-state index in [1.807, 2.05) is 6.92 Å². The van der Waals surface area contributed by atoms with Crippen molar-refractivity contribution in [2.24, 2.45) is 17.3 Å². The van der Waals surface area contributed by atoms with Crippen molar-refractivity contribution >= 4 is 11.8 Å². The molecule has 192 valence electrons. The van der Waals surface area contributed by atoms with E-state index in [1.54, 1.807) is 0 Å². The minimum atomic E-state index is -1.14. The molecule has 4 rings (SSSR count). The number of rotatable bonds is 12. The maximum atomic E-state index is 13.1. The van der Waals surface area contributed by atoms with Gasteiger partial charge in [-0.1, -0.05) is 40.5 Å². The molecule has 0 amide bonds. The molecular weight excluding hydrogens is 436 g/mol. The van der Waals surface area contributed by atoms with Gasteiger partial charge in [0.2, 0.25) is 0 Å². The van der Waals surface area contributed by atoms with Crippen molar-refractivity contribution in [1.82, 2.24) is 0 Å². The van der Waals surface area contributed by atoms with E-state index < -0.39 is 22.7 Å². The van der Waals surface area contributed by atoms with Crippen LogP contribution in [0.25, 0.3) is 0 Å². The Morgan fingerprint density at radius 2 is 1.74 bits per heavy atom. The number of unbranched alkanes of at least 4 members (excludes halogenated alkanes) is 2. The highest BCUT2D eigenvalue weighted by molar-refractivity contribution is 6.00. The molecule has 7 heteroatoms. The molecule has 4 aliphatic rings. The zero-order valence-corrected chi connectivity index (χ0v) is 21.6. The van der Waals surface area contributed by atoms with Gasteiger partial charge in [0.25, 0.3) is 0 Å². The van der Waals surface area contributed by atoms with Gasteiger partial charge in [-0.3, -0.25) is 9.59 Å². The summed E-state index contributed by atoms with van der Waals surface area (Å²) in [4.78, 5) is 26.1. The predicted molar refractivity (Wildman–Crippen MR) is 126 cm³/mol. The molecule has 0 aromatic rings. The molecule has 4 unspecified atom stereocenters. The molecular formula is C27H42O7. The molecule has 34 heavy (non-hydrogen) atoms. The Labute approximate surface area is 203 Å². The topological polar surface area (TPSA) is 80.3 Å². The van der Waals surface area contributed by atoms with E-state index in [4.69, 9.17) is 23.7 Å². The molecule has 7 nitrogen and oxygen atoms in total. The van der Waals surface area contributed by atoms with Gasteiger partial charge in [0.1, 0.15) is 25.3 Å². The summed E-state index contributed by atoms with van der Waals surface area (Å²) >= 11 is 0. The van der Waals surface area contributed by atoms with Gasteiger partial charge in [-0.25, -0.2) is 0 Å². The molecule has 3 fully saturated rings. The normalized spacial score (nSPS) is 38.8. The summed E-state index contributed by atoms with van der Waals surface area (Å²) in [5.74, 6) is -0.102. The summed E-state index contributed by atoms with van der Waals surface area (Å²) < 4.78 is 31.2. The molecule has 0 radical (unpaired) electrons. The third kappa shape index (κ3) is 3.69. The maximum absolute atomic E-state index is 13.1. The summed E-state index contributed by atoms with van der Waals surface area (Å²) in [6.07, 6.45) is 5.79. The molecule has 0 aromatic heterocycles. The van der Waals surface area contributed by atoms with E-state index in [-0.39, 0.29) is 43.6 Å². The number of esters is 1. The lowest BCUT2D eigenvalue weighted by Crippen LogP contribution is -2.73. The molecule has 0 spiro atoms. The Hall–Kier alpha value is -1.28. The first-order chi connectivity index (χ1) is 16.3. The number of carbonyl (C=O) groups excluding carboxylic acids is 2. The number of fused-ring (bicyclic) bond motifs is 2. The van der Waals surface area contributed by atoms with Gasteiger partial charge in [0, 0.05) is 31.0 Å². The smallest absolute Gasteiger partial charge is 0.307 e. The fourth-order valence-corrected chi connectivity index (χ4v) is 7.17. The Morgan fingerprint density at radius 3 is 2.41 bits per heavy atom. The van der Waals surface area contributed by atoms with E-state index in [0.29, 0.717) is 25.2 Å². The molecule has 3 aliphatic carbocycles. The lowest BCUT2D eigenvalue weighted by atomic mass is 9.56. The molecule has 1 aliphatic heterocycles. The highest BCUT2D eigenvalue weighted by atomic mass is 16.7. The zero-order chi connectivity index (χ0) is 24.6. The van der Waals surface area contributed by atoms with Crippen LogP contribution in [0.4, 0.5) is 0 Å². The Kier molecular flexibility index (Phi) is 7.59. The van der Waals surface area contributed by atoms with Crippen LogP contribution < -0.4 is 0 Å². The first kappa shape index (κ1) is 25.8. The lowest BCUT2D eigenvalue weighted by molar-refractivity contribution is -0.320. The second-order valence-corrected chi connectivity index (χ2v) is 10.9. The van der Waals surface area contributed by atoms with Crippen LogP contribution in [0.2, 0.25) is 0 Å². The minimum absolute atomic E-state index is 0.0977. The van der Waals surface area contributed by atoms with Gasteiger partial charge < -0.3 is 23.7 Å². The molecule has 0 N–H and O–H groups in total. The van der Waals surface area contributed by atoms with Crippen molar-refractivity contribution in [2.75, 3.05) is 26.8 Å². The summed E-state index contributed by atoms with van der Waals surface area (Å²) in [5.41, 5.74) is -0.882. The Bertz CT molecular complexity index is 822. The van der Waals surface area contributed by atoms with Gasteiger partial charge in [0.05, 0.1) is 6.42 Å². The fraction of sp³-hybridized carbons (Fsp3) is 0.852. The summed E-state index contributed by atoms with van der Waals surface area (Å²) in [6.45, 7) is 11.9. The van der Waals surface area contributed by atoms with E-state index in [0.717, 1.165) is 44.1 Å². The quantitative estimate of drug-likeness (QED) is 0.228. The third-order valence-electron chi connectivity index (χ3n) is 8.91. The highest BCUT2D eigenvalue weighted by Gasteiger charge is 2.83. The predicted octanol–water partition coefficient (Wildman–Crippen LogP) is 4.72. The molecule has 6 atom stereocenters. The van der Waals surface area contributed by atoms with Crippen LogP contribution >= 0.6 is 0 Å². The van der Waals surface area contributed by atoms with Gasteiger partial charge in [-0.2, -0.15) is 0 Å². The summed E-state index contributed by atoms with van der Waals surface area (Å²) in [7, 11) is 0. The number of hydrogen-bond donors (Lipinski definition) is 0. The Morgan fingerprint density at radius 1 is 1.06 bits per heavy atom. The van der Waals surface area contributed by atoms with Gasteiger partial charge in [-0.15, -0.1) is 0 Å². The highest BCUT2D eigenvalue weighted by Crippen LogP contribution is 2.73. The van der Waals surface area contributed by atoms with Gasteiger partial charge in [0.15, 0.2) is 11.4 Å². The second-order valence-electron chi connectivity index (χ2n) is 10.9. The second kappa shape index (κ2) is 10.00. The van der Waals surface area contributed by atoms with Crippen LogP contribution in [0.3, 0.4) is 0 Å². The zero-order valence-electron chi connectivity index (χ0n) is 21.6. The maximum Gasteiger partial charge on any atom is 0.307 e. The number of Topliss-reactive ketones (excluding diaryl/α,β-unsaturated/α-hetero) is 1. The molecule has 1 heterocycles. The van der Waals surface area contributed by atoms with Crippen LogP contribution in [0, 0.1) is 17.3 Å². The van der Waals surface area contributed by atoms with Crippen molar-refractivity contribution in [1.29, 1.82) is 0 Å². The number of hydrogen-bond acceptors (Lipinski definition) is 7. The van der Waals surface area contributed by atoms with Gasteiger partial charge in [-0.05, 0) is 49.7 Å². The van der Waals surface area contributed by atoms with Crippen LogP contribution in [-0.4, -0.2) is 55.9 Å². The van der Waals surface area contributed by atoms with E-state index in [9.17, 15) is 9.59 Å². The first-order valence-corrected chi connectivity index (χ1v) is 13.2. The lowest BCUT2D eigenvalue weighted by Gasteiger charge is -2.60. The monoisotopic (exact) mass is 478 g/mol. The van der Waals surface area contributed by atoms with Crippen molar-refractivity contribution in [3.05, 3.63) is 11.1 Å². The third-order valence-corrected chi connectivity index (χ3v) is 8.91. The van der Waals surface area contributed by atoms with Crippen molar-refractivity contribution in [3.8, 4) is 0 Å². The number of ketones is 1. The number of ether oxygens (including phenoxy) is 5. The van der Waals surface area contributed by atoms with E-state index >= 15 is 0 Å². The minimum Gasteiger partial charge on any atom is -0.448 e. The fourth-order valence-electron chi connectivity index (χ4n) is 7.17. The Balaban J connectivity index is 1.75. The molecule has 0 aromatic carbocycles. The molecule has 1 saturated heterocycles. The molecule has 2 saturated carbocycles.